The monoisotopic (exact) mass is 825 g/mol. The lowest BCUT2D eigenvalue weighted by atomic mass is 10.1. The van der Waals surface area contributed by atoms with Crippen LogP contribution in [-0.4, -0.2) is 15.1 Å². The summed E-state index contributed by atoms with van der Waals surface area (Å²) in [5, 5.41) is 3.53. The van der Waals surface area contributed by atoms with E-state index in [1.54, 1.807) is 61.5 Å². The van der Waals surface area contributed by atoms with Gasteiger partial charge in [0.05, 0.1) is 15.5 Å². The standard InChI is InChI=1S/C30H31ClNO4PS.C16H19OP/c1-20-11-14-27(15-12-20)38(34,35)32-24(5)28-19-25(31)13-16-29(28)36-37(33,26-9-7-6-8-10-26)30-22(3)17-21(2)18-23(30)4;1-12-10-13(2)16(14(3)11-12)18(4,17)15-8-6-5-7-9-15/h6-19,24,32H,1-5H3;5-11H,1-4H3/t24-,37+;18-/m10/s1. The molecule has 3 atom stereocenters. The highest BCUT2D eigenvalue weighted by molar-refractivity contribution is 7.89. The second-order valence-electron chi connectivity index (χ2n) is 14.6. The molecule has 6 rings (SSSR count). The summed E-state index contributed by atoms with van der Waals surface area (Å²) < 4.78 is 63.6. The fraction of sp³-hybridized carbons (Fsp3) is 0.217. The van der Waals surface area contributed by atoms with E-state index >= 15 is 0 Å². The van der Waals surface area contributed by atoms with Crippen LogP contribution >= 0.6 is 26.1 Å². The maximum atomic E-state index is 14.9. The van der Waals surface area contributed by atoms with Gasteiger partial charge >= 0.3 is 7.37 Å². The predicted molar refractivity (Wildman–Crippen MR) is 236 cm³/mol. The molecular formula is C46H50ClNO5P2S. The summed E-state index contributed by atoms with van der Waals surface area (Å²) >= 11 is 6.34. The van der Waals surface area contributed by atoms with Crippen molar-refractivity contribution in [3.05, 3.63) is 177 Å². The van der Waals surface area contributed by atoms with E-state index < -0.39 is 30.6 Å². The van der Waals surface area contributed by atoms with Crippen LogP contribution in [0.5, 0.6) is 5.75 Å². The zero-order valence-corrected chi connectivity index (χ0v) is 36.8. The molecule has 0 unspecified atom stereocenters. The summed E-state index contributed by atoms with van der Waals surface area (Å²) in [7, 11) is -9.99. The largest absolute Gasteiger partial charge is 0.436 e. The van der Waals surface area contributed by atoms with Crippen LogP contribution in [-0.2, 0) is 19.2 Å². The van der Waals surface area contributed by atoms with E-state index in [0.29, 0.717) is 26.9 Å². The third kappa shape index (κ3) is 9.65. The van der Waals surface area contributed by atoms with Gasteiger partial charge in [-0.3, -0.25) is 4.57 Å². The molecule has 0 radical (unpaired) electrons. The molecule has 6 aromatic rings. The molecule has 6 aromatic carbocycles. The van der Waals surface area contributed by atoms with Crippen molar-refractivity contribution < 1.29 is 22.1 Å². The van der Waals surface area contributed by atoms with Crippen LogP contribution < -0.4 is 30.5 Å². The molecule has 292 valence electrons. The predicted octanol–water partition coefficient (Wildman–Crippen LogP) is 10.5. The average Bonchev–Trinajstić information content (AvgIpc) is 3.12. The number of rotatable bonds is 10. The number of halogens is 1. The van der Waals surface area contributed by atoms with Crippen molar-refractivity contribution in [2.45, 2.75) is 66.3 Å². The van der Waals surface area contributed by atoms with E-state index in [4.69, 9.17) is 16.1 Å². The van der Waals surface area contributed by atoms with Crippen molar-refractivity contribution in [3.8, 4) is 5.75 Å². The third-order valence-corrected chi connectivity index (χ3v) is 17.0. The molecule has 0 aliphatic rings. The Balaban J connectivity index is 0.000000278. The maximum absolute atomic E-state index is 14.9. The van der Waals surface area contributed by atoms with Gasteiger partial charge in [0.25, 0.3) is 0 Å². The highest BCUT2D eigenvalue weighted by Crippen LogP contribution is 2.49. The van der Waals surface area contributed by atoms with Gasteiger partial charge < -0.3 is 9.09 Å². The Labute approximate surface area is 338 Å². The first-order valence-electron chi connectivity index (χ1n) is 18.4. The minimum Gasteiger partial charge on any atom is -0.436 e. The van der Waals surface area contributed by atoms with Crippen LogP contribution in [0.15, 0.2) is 132 Å². The van der Waals surface area contributed by atoms with Gasteiger partial charge in [0, 0.05) is 27.2 Å². The summed E-state index contributed by atoms with van der Waals surface area (Å²) in [5.74, 6) is 0.292. The summed E-state index contributed by atoms with van der Waals surface area (Å²) in [6.45, 7) is 17.5. The van der Waals surface area contributed by atoms with Gasteiger partial charge in [0.2, 0.25) is 10.0 Å². The molecule has 0 saturated carbocycles. The summed E-state index contributed by atoms with van der Waals surface area (Å²) in [4.78, 5) is 0.153. The van der Waals surface area contributed by atoms with Crippen molar-refractivity contribution in [2.75, 3.05) is 6.66 Å². The van der Waals surface area contributed by atoms with Crippen molar-refractivity contribution in [2.24, 2.45) is 0 Å². The topological polar surface area (TPSA) is 89.5 Å². The number of nitrogens with one attached hydrogen (secondary N) is 1. The van der Waals surface area contributed by atoms with E-state index in [9.17, 15) is 17.5 Å². The molecule has 0 spiro atoms. The Kier molecular flexibility index (Phi) is 13.4. The second kappa shape index (κ2) is 17.5. The molecule has 1 N–H and O–H groups in total. The number of hydrogen-bond donors (Lipinski definition) is 1. The molecule has 56 heavy (non-hydrogen) atoms. The smallest absolute Gasteiger partial charge is 0.307 e. The second-order valence-corrected chi connectivity index (χ2v) is 21.8. The first-order valence-corrected chi connectivity index (χ1v) is 24.0. The van der Waals surface area contributed by atoms with Gasteiger partial charge in [-0.15, -0.1) is 0 Å². The lowest BCUT2D eigenvalue weighted by Gasteiger charge is -2.26. The molecule has 0 aliphatic carbocycles. The first kappa shape index (κ1) is 42.9. The molecule has 0 amide bonds. The Morgan fingerprint density at radius 2 is 1.05 bits per heavy atom. The Bertz CT molecular complexity index is 2510. The van der Waals surface area contributed by atoms with Gasteiger partial charge in [0.15, 0.2) is 0 Å². The van der Waals surface area contributed by atoms with E-state index in [-0.39, 0.29) is 4.90 Å². The molecule has 0 aromatic heterocycles. The molecule has 0 heterocycles. The van der Waals surface area contributed by atoms with Gasteiger partial charge in [-0.05, 0) is 127 Å². The maximum Gasteiger partial charge on any atom is 0.307 e. The lowest BCUT2D eigenvalue weighted by molar-refractivity contribution is 0.494. The van der Waals surface area contributed by atoms with Gasteiger partial charge in [-0.2, -0.15) is 0 Å². The summed E-state index contributed by atoms with van der Waals surface area (Å²) in [5.41, 5.74) is 7.70. The number of sulfonamides is 1. The van der Waals surface area contributed by atoms with Crippen LogP contribution in [0.25, 0.3) is 0 Å². The Morgan fingerprint density at radius 3 is 1.55 bits per heavy atom. The third-order valence-electron chi connectivity index (χ3n) is 9.67. The quantitative estimate of drug-likeness (QED) is 0.139. The van der Waals surface area contributed by atoms with Crippen molar-refractivity contribution >= 4 is 57.4 Å². The highest BCUT2D eigenvalue weighted by atomic mass is 35.5. The van der Waals surface area contributed by atoms with Crippen molar-refractivity contribution in [1.82, 2.24) is 4.72 Å². The van der Waals surface area contributed by atoms with Crippen molar-refractivity contribution in [1.29, 1.82) is 0 Å². The zero-order chi connectivity index (χ0) is 41.0. The average molecular weight is 826 g/mol. The molecule has 6 nitrogen and oxygen atoms in total. The molecule has 0 saturated heterocycles. The molecule has 0 bridgehead atoms. The normalized spacial score (nSPS) is 14.1. The fourth-order valence-corrected chi connectivity index (χ4v) is 13.7. The van der Waals surface area contributed by atoms with Crippen LogP contribution in [0, 0.1) is 48.5 Å². The lowest BCUT2D eigenvalue weighted by Crippen LogP contribution is -2.28. The minimum atomic E-state index is -3.84. The van der Waals surface area contributed by atoms with Gasteiger partial charge in [-0.25, -0.2) is 13.1 Å². The fourth-order valence-electron chi connectivity index (χ4n) is 7.34. The Hall–Kier alpha value is -4.22. The zero-order valence-electron chi connectivity index (χ0n) is 33.4. The van der Waals surface area contributed by atoms with E-state index in [2.05, 4.69) is 37.6 Å². The summed E-state index contributed by atoms with van der Waals surface area (Å²) in [6, 6.07) is 37.9. The van der Waals surface area contributed by atoms with Gasteiger partial charge in [-0.1, -0.05) is 113 Å². The Morgan fingerprint density at radius 1 is 0.589 bits per heavy atom. The van der Waals surface area contributed by atoms with E-state index in [1.807, 2.05) is 95.0 Å². The molecular weight excluding hydrogens is 776 g/mol. The van der Waals surface area contributed by atoms with Crippen molar-refractivity contribution in [3.63, 3.8) is 0 Å². The van der Waals surface area contributed by atoms with Crippen LogP contribution in [0.1, 0.15) is 57.5 Å². The van der Waals surface area contributed by atoms with Crippen LogP contribution in [0.3, 0.4) is 0 Å². The number of aryl methyl sites for hydroxylation is 7. The number of benzene rings is 6. The SMILES string of the molecule is Cc1cc(C)c([P@@](C)(=O)c2ccccc2)c(C)c1.Cc1ccc(S(=O)(=O)N[C@H](C)c2cc(Cl)ccc2O[P@@](=O)(c2ccccc2)c2c(C)cc(C)cc2C)cc1. The van der Waals surface area contributed by atoms with E-state index in [0.717, 1.165) is 44.0 Å². The minimum absolute atomic E-state index is 0.153. The molecule has 0 fully saturated rings. The van der Waals surface area contributed by atoms with Crippen LogP contribution in [0.2, 0.25) is 5.02 Å². The first-order chi connectivity index (χ1) is 26.3. The summed E-state index contributed by atoms with van der Waals surface area (Å²) in [6.07, 6.45) is 0. The molecule has 0 aliphatic heterocycles. The highest BCUT2D eigenvalue weighted by Gasteiger charge is 2.35. The van der Waals surface area contributed by atoms with E-state index in [1.165, 1.54) is 5.56 Å². The number of hydrogen-bond acceptors (Lipinski definition) is 5. The van der Waals surface area contributed by atoms with Gasteiger partial charge in [0.1, 0.15) is 12.9 Å². The molecule has 10 heteroatoms. The van der Waals surface area contributed by atoms with Crippen LogP contribution in [0.4, 0.5) is 0 Å².